The fourth-order valence-corrected chi connectivity index (χ4v) is 3.30. The van der Waals surface area contributed by atoms with Gasteiger partial charge in [0.1, 0.15) is 5.82 Å². The highest BCUT2D eigenvalue weighted by Gasteiger charge is 2.24. The van der Waals surface area contributed by atoms with Gasteiger partial charge in [-0.15, -0.1) is 0 Å². The van der Waals surface area contributed by atoms with Gasteiger partial charge in [-0.25, -0.2) is 9.78 Å². The maximum absolute atomic E-state index is 11.8. The monoisotopic (exact) mass is 397 g/mol. The van der Waals surface area contributed by atoms with Gasteiger partial charge in [0.05, 0.1) is 6.61 Å². The van der Waals surface area contributed by atoms with Gasteiger partial charge in [-0.3, -0.25) is 0 Å². The number of piperidine rings is 1. The van der Waals surface area contributed by atoms with Crippen LogP contribution in [0.1, 0.15) is 46.1 Å². The molecule has 1 fully saturated rings. The molecule has 0 bridgehead atoms. The largest absolute Gasteiger partial charge is 0.450 e. The molecule has 2 aromatic rings. The molecule has 1 aliphatic heterocycles. The van der Waals surface area contributed by atoms with Gasteiger partial charge >= 0.3 is 6.09 Å². The predicted octanol–water partition coefficient (Wildman–Crippen LogP) is 4.55. The summed E-state index contributed by atoms with van der Waals surface area (Å²) >= 11 is 0. The quantitative estimate of drug-likeness (QED) is 0.770. The van der Waals surface area contributed by atoms with E-state index in [0.29, 0.717) is 25.6 Å². The molecule has 3 rings (SSSR count). The van der Waals surface area contributed by atoms with Crippen LogP contribution in [-0.2, 0) is 10.2 Å². The Labute approximate surface area is 172 Å². The fraction of sp³-hybridized carbons (Fsp3) is 0.500. The molecule has 2 heterocycles. The molecular weight excluding hydrogens is 366 g/mol. The lowest BCUT2D eigenvalue weighted by atomic mass is 9.87. The number of aromatic nitrogens is 2. The zero-order chi connectivity index (χ0) is 20.9. The van der Waals surface area contributed by atoms with Crippen LogP contribution in [0.15, 0.2) is 36.5 Å². The Bertz CT molecular complexity index is 809. The van der Waals surface area contributed by atoms with E-state index in [1.807, 2.05) is 13.0 Å². The smallest absolute Gasteiger partial charge is 0.409 e. The molecule has 1 aliphatic rings. The Kier molecular flexibility index (Phi) is 6.56. The molecule has 0 saturated carbocycles. The van der Waals surface area contributed by atoms with Crippen LogP contribution < -0.4 is 10.6 Å². The lowest BCUT2D eigenvalue weighted by Gasteiger charge is -2.31. The number of likely N-dealkylation sites (tertiary alicyclic amines) is 1. The molecule has 0 atom stereocenters. The third-order valence-electron chi connectivity index (χ3n) is 5.03. The molecule has 1 aromatic carbocycles. The summed E-state index contributed by atoms with van der Waals surface area (Å²) in [5.41, 5.74) is 2.42. The number of hydrogen-bond acceptors (Lipinski definition) is 6. The Hall–Kier alpha value is -2.83. The van der Waals surface area contributed by atoms with Crippen LogP contribution in [0.4, 0.5) is 22.2 Å². The van der Waals surface area contributed by atoms with Gasteiger partial charge in [0.2, 0.25) is 5.95 Å². The summed E-state index contributed by atoms with van der Waals surface area (Å²) in [4.78, 5) is 22.5. The van der Waals surface area contributed by atoms with E-state index >= 15 is 0 Å². The van der Waals surface area contributed by atoms with Gasteiger partial charge in [0.15, 0.2) is 0 Å². The minimum Gasteiger partial charge on any atom is -0.450 e. The molecule has 0 radical (unpaired) electrons. The highest BCUT2D eigenvalue weighted by atomic mass is 16.6. The average Bonchev–Trinajstić information content (AvgIpc) is 2.69. The standard InChI is InChI=1S/C22H31N5O2/c1-5-29-21(28)27-14-11-18(12-15-27)25-20-23-13-10-19(26-20)24-17-8-6-16(7-9-17)22(2,3)4/h6-10,13,18H,5,11-12,14-15H2,1-4H3,(H2,23,24,25,26). The minimum atomic E-state index is -0.231. The molecule has 156 valence electrons. The van der Waals surface area contributed by atoms with E-state index in [4.69, 9.17) is 4.74 Å². The lowest BCUT2D eigenvalue weighted by Crippen LogP contribution is -2.42. The Morgan fingerprint density at radius 3 is 2.48 bits per heavy atom. The van der Waals surface area contributed by atoms with Crippen molar-refractivity contribution >= 4 is 23.5 Å². The van der Waals surface area contributed by atoms with Crippen LogP contribution in [0.5, 0.6) is 0 Å². The summed E-state index contributed by atoms with van der Waals surface area (Å²) in [6.45, 7) is 10.2. The van der Waals surface area contributed by atoms with Crippen LogP contribution in [0, 0.1) is 0 Å². The number of rotatable bonds is 5. The highest BCUT2D eigenvalue weighted by molar-refractivity contribution is 5.67. The van der Waals surface area contributed by atoms with Crippen molar-refractivity contribution in [2.24, 2.45) is 0 Å². The average molecular weight is 398 g/mol. The molecule has 0 unspecified atom stereocenters. The second kappa shape index (κ2) is 9.11. The first-order valence-corrected chi connectivity index (χ1v) is 10.2. The number of hydrogen-bond donors (Lipinski definition) is 2. The molecule has 7 nitrogen and oxygen atoms in total. The van der Waals surface area contributed by atoms with Crippen LogP contribution in [0.25, 0.3) is 0 Å². The van der Waals surface area contributed by atoms with Gasteiger partial charge in [-0.05, 0) is 48.9 Å². The molecule has 1 amide bonds. The number of ether oxygens (including phenoxy) is 1. The second-order valence-corrected chi connectivity index (χ2v) is 8.32. The van der Waals surface area contributed by atoms with E-state index in [0.717, 1.165) is 24.3 Å². The van der Waals surface area contributed by atoms with Crippen molar-refractivity contribution < 1.29 is 9.53 Å². The fourth-order valence-electron chi connectivity index (χ4n) is 3.30. The first-order valence-electron chi connectivity index (χ1n) is 10.2. The van der Waals surface area contributed by atoms with Gasteiger partial charge < -0.3 is 20.3 Å². The van der Waals surface area contributed by atoms with E-state index in [1.165, 1.54) is 5.56 Å². The number of benzene rings is 1. The summed E-state index contributed by atoms with van der Waals surface area (Å²) in [5.74, 6) is 1.34. The van der Waals surface area contributed by atoms with E-state index in [2.05, 4.69) is 65.6 Å². The van der Waals surface area contributed by atoms with E-state index in [9.17, 15) is 4.79 Å². The molecule has 1 aromatic heterocycles. The summed E-state index contributed by atoms with van der Waals surface area (Å²) in [6.07, 6.45) is 3.20. The van der Waals surface area contributed by atoms with Gasteiger partial charge in [0, 0.05) is 31.0 Å². The molecule has 7 heteroatoms. The Morgan fingerprint density at radius 2 is 1.86 bits per heavy atom. The number of nitrogens with one attached hydrogen (secondary N) is 2. The summed E-state index contributed by atoms with van der Waals surface area (Å²) in [7, 11) is 0. The highest BCUT2D eigenvalue weighted by Crippen LogP contribution is 2.25. The number of anilines is 3. The van der Waals surface area contributed by atoms with E-state index in [1.54, 1.807) is 11.1 Å². The van der Waals surface area contributed by atoms with Crippen LogP contribution in [0.3, 0.4) is 0 Å². The van der Waals surface area contributed by atoms with E-state index < -0.39 is 0 Å². The third-order valence-corrected chi connectivity index (χ3v) is 5.03. The van der Waals surface area contributed by atoms with Crippen molar-refractivity contribution in [2.45, 2.75) is 52.0 Å². The first kappa shape index (κ1) is 20.9. The SMILES string of the molecule is CCOC(=O)N1CCC(Nc2nccc(Nc3ccc(C(C)(C)C)cc3)n2)CC1. The molecule has 0 spiro atoms. The maximum atomic E-state index is 11.8. The first-order chi connectivity index (χ1) is 13.8. The normalized spacial score (nSPS) is 15.1. The predicted molar refractivity (Wildman–Crippen MR) is 116 cm³/mol. The van der Waals surface area contributed by atoms with Crippen LogP contribution in [0.2, 0.25) is 0 Å². The Balaban J connectivity index is 1.56. The van der Waals surface area contributed by atoms with Crippen molar-refractivity contribution in [3.63, 3.8) is 0 Å². The van der Waals surface area contributed by atoms with Gasteiger partial charge in [0.25, 0.3) is 0 Å². The summed E-state index contributed by atoms with van der Waals surface area (Å²) in [6, 6.07) is 10.5. The van der Waals surface area contributed by atoms with Crippen molar-refractivity contribution in [1.29, 1.82) is 0 Å². The topological polar surface area (TPSA) is 79.4 Å². The van der Waals surface area contributed by atoms with Gasteiger partial charge in [-0.2, -0.15) is 4.98 Å². The number of carbonyl (C=O) groups excluding carboxylic acids is 1. The zero-order valence-corrected chi connectivity index (χ0v) is 17.7. The van der Waals surface area contributed by atoms with Gasteiger partial charge in [-0.1, -0.05) is 32.9 Å². The molecule has 2 N–H and O–H groups in total. The molecular formula is C22H31N5O2. The second-order valence-electron chi connectivity index (χ2n) is 8.32. The summed E-state index contributed by atoms with van der Waals surface area (Å²) < 4.78 is 5.07. The number of amides is 1. The van der Waals surface area contributed by atoms with Crippen molar-refractivity contribution in [2.75, 3.05) is 30.3 Å². The number of carbonyl (C=O) groups is 1. The summed E-state index contributed by atoms with van der Waals surface area (Å²) in [5, 5.41) is 6.72. The lowest BCUT2D eigenvalue weighted by molar-refractivity contribution is 0.0983. The maximum Gasteiger partial charge on any atom is 0.409 e. The van der Waals surface area contributed by atoms with E-state index in [-0.39, 0.29) is 17.6 Å². The Morgan fingerprint density at radius 1 is 1.17 bits per heavy atom. The van der Waals surface area contributed by atoms with Crippen molar-refractivity contribution in [1.82, 2.24) is 14.9 Å². The van der Waals surface area contributed by atoms with Crippen LogP contribution in [-0.4, -0.2) is 46.7 Å². The zero-order valence-electron chi connectivity index (χ0n) is 17.7. The molecule has 29 heavy (non-hydrogen) atoms. The van der Waals surface area contributed by atoms with Crippen molar-refractivity contribution in [3.8, 4) is 0 Å². The van der Waals surface area contributed by atoms with Crippen molar-refractivity contribution in [3.05, 3.63) is 42.1 Å². The minimum absolute atomic E-state index is 0.132. The molecule has 1 saturated heterocycles. The van der Waals surface area contributed by atoms with Crippen LogP contribution >= 0.6 is 0 Å². The molecule has 0 aliphatic carbocycles. The third kappa shape index (κ3) is 5.82. The number of nitrogens with zero attached hydrogens (tertiary/aromatic N) is 3.